The van der Waals surface area contributed by atoms with Crippen molar-refractivity contribution in [3.05, 3.63) is 65.2 Å². The summed E-state index contributed by atoms with van der Waals surface area (Å²) in [6.45, 7) is 7.58. The number of aryl methyl sites for hydroxylation is 2. The highest BCUT2D eigenvalue weighted by Gasteiger charge is 2.17. The van der Waals surface area contributed by atoms with Crippen molar-refractivity contribution in [2.45, 2.75) is 39.0 Å². The van der Waals surface area contributed by atoms with Crippen LogP contribution in [0.25, 0.3) is 11.4 Å². The number of aromatic nitrogens is 3. The molecule has 0 aliphatic heterocycles. The average Bonchev–Trinajstić information content (AvgIpc) is 3.10. The molecule has 0 fully saturated rings. The van der Waals surface area contributed by atoms with Crippen LogP contribution in [0.4, 0.5) is 0 Å². The van der Waals surface area contributed by atoms with Crippen LogP contribution in [0.3, 0.4) is 0 Å². The number of amides is 1. The van der Waals surface area contributed by atoms with E-state index in [9.17, 15) is 4.79 Å². The monoisotopic (exact) mass is 394 g/mol. The maximum absolute atomic E-state index is 12.6. The number of nitrogens with zero attached hydrogens (tertiary/aromatic N) is 4. The molecule has 3 rings (SSSR count). The minimum absolute atomic E-state index is 0.0800. The van der Waals surface area contributed by atoms with Crippen LogP contribution in [0.2, 0.25) is 0 Å². The van der Waals surface area contributed by atoms with E-state index in [0.29, 0.717) is 12.3 Å². The van der Waals surface area contributed by atoms with Gasteiger partial charge in [-0.1, -0.05) is 60.3 Å². The molecule has 28 heavy (non-hydrogen) atoms. The second kappa shape index (κ2) is 9.06. The Labute approximate surface area is 170 Å². The number of carbonyl (C=O) groups excluding carboxylic acids is 1. The first-order valence-corrected chi connectivity index (χ1v) is 10.4. The molecule has 6 heteroatoms. The molecule has 0 bridgehead atoms. The lowest BCUT2D eigenvalue weighted by molar-refractivity contribution is -0.127. The first-order chi connectivity index (χ1) is 13.5. The summed E-state index contributed by atoms with van der Waals surface area (Å²) in [5, 5.41) is 9.50. The number of thioether (sulfide) groups is 1. The van der Waals surface area contributed by atoms with Gasteiger partial charge in [0.15, 0.2) is 11.0 Å². The van der Waals surface area contributed by atoms with Crippen LogP contribution in [0.5, 0.6) is 0 Å². The number of carbonyl (C=O) groups is 1. The van der Waals surface area contributed by atoms with Crippen LogP contribution in [0, 0.1) is 13.8 Å². The Kier molecular flexibility index (Phi) is 6.52. The summed E-state index contributed by atoms with van der Waals surface area (Å²) in [5.74, 6) is 1.27. The third-order valence-electron chi connectivity index (χ3n) is 4.84. The van der Waals surface area contributed by atoms with Crippen molar-refractivity contribution in [3.8, 4) is 11.4 Å². The second-order valence-electron chi connectivity index (χ2n) is 6.83. The molecule has 0 unspecified atom stereocenters. The molecule has 3 aromatic rings. The first-order valence-electron chi connectivity index (χ1n) is 9.41. The number of hydrogen-bond acceptors (Lipinski definition) is 4. The fourth-order valence-corrected chi connectivity index (χ4v) is 4.01. The predicted molar refractivity (Wildman–Crippen MR) is 114 cm³/mol. The summed E-state index contributed by atoms with van der Waals surface area (Å²) in [6, 6.07) is 16.3. The molecule has 0 N–H and O–H groups in total. The molecule has 0 aliphatic carbocycles. The lowest BCUT2D eigenvalue weighted by Crippen LogP contribution is -2.28. The summed E-state index contributed by atoms with van der Waals surface area (Å²) in [7, 11) is 1.85. The van der Waals surface area contributed by atoms with Gasteiger partial charge in [-0.25, -0.2) is 0 Å². The molecule has 0 aliphatic rings. The normalized spacial score (nSPS) is 10.9. The fraction of sp³-hybridized carbons (Fsp3) is 0.318. The van der Waals surface area contributed by atoms with Crippen LogP contribution in [0.1, 0.15) is 23.6 Å². The van der Waals surface area contributed by atoms with Crippen LogP contribution >= 0.6 is 11.8 Å². The summed E-state index contributed by atoms with van der Waals surface area (Å²) in [4.78, 5) is 14.4. The molecule has 0 saturated carbocycles. The van der Waals surface area contributed by atoms with Crippen molar-refractivity contribution >= 4 is 17.7 Å². The lowest BCUT2D eigenvalue weighted by atomic mass is 10.1. The predicted octanol–water partition coefficient (Wildman–Crippen LogP) is 4.33. The Morgan fingerprint density at radius 1 is 1.04 bits per heavy atom. The van der Waals surface area contributed by atoms with Gasteiger partial charge in [-0.15, -0.1) is 10.2 Å². The molecular weight excluding hydrogens is 368 g/mol. The van der Waals surface area contributed by atoms with Gasteiger partial charge < -0.3 is 9.47 Å². The molecule has 2 aromatic carbocycles. The van der Waals surface area contributed by atoms with Gasteiger partial charge in [0.25, 0.3) is 0 Å². The van der Waals surface area contributed by atoms with Crippen LogP contribution < -0.4 is 0 Å². The quantitative estimate of drug-likeness (QED) is 0.560. The highest BCUT2D eigenvalue weighted by Crippen LogP contribution is 2.26. The van der Waals surface area contributed by atoms with Gasteiger partial charge in [0.1, 0.15) is 0 Å². The second-order valence-corrected chi connectivity index (χ2v) is 7.77. The molecule has 146 valence electrons. The van der Waals surface area contributed by atoms with Gasteiger partial charge in [-0.3, -0.25) is 4.79 Å². The molecule has 0 saturated heterocycles. The third kappa shape index (κ3) is 4.44. The molecular formula is C22H26N4OS. The van der Waals surface area contributed by atoms with Gasteiger partial charge in [0, 0.05) is 25.7 Å². The SMILES string of the molecule is CCn1c(SCC(=O)N(C)Cc2ccccc2C)nnc1-c1ccccc1C. The van der Waals surface area contributed by atoms with E-state index >= 15 is 0 Å². The van der Waals surface area contributed by atoms with E-state index in [1.807, 2.05) is 31.3 Å². The average molecular weight is 395 g/mol. The van der Waals surface area contributed by atoms with Crippen LogP contribution in [0.15, 0.2) is 53.7 Å². The van der Waals surface area contributed by atoms with Crippen molar-refractivity contribution in [2.75, 3.05) is 12.8 Å². The Morgan fingerprint density at radius 2 is 1.71 bits per heavy atom. The van der Waals surface area contributed by atoms with Gasteiger partial charge in [0.05, 0.1) is 5.75 Å². The topological polar surface area (TPSA) is 51.0 Å². The standard InChI is InChI=1S/C22H26N4OS/c1-5-26-21(19-13-9-7-11-17(19)3)23-24-22(26)28-15-20(27)25(4)14-18-12-8-6-10-16(18)2/h6-13H,5,14-15H2,1-4H3. The van der Waals surface area contributed by atoms with E-state index in [1.54, 1.807) is 4.90 Å². The van der Waals surface area contributed by atoms with E-state index in [1.165, 1.54) is 22.9 Å². The molecule has 5 nitrogen and oxygen atoms in total. The van der Waals surface area contributed by atoms with Crippen molar-refractivity contribution in [1.82, 2.24) is 19.7 Å². The van der Waals surface area contributed by atoms with Gasteiger partial charge in [-0.05, 0) is 37.5 Å². The smallest absolute Gasteiger partial charge is 0.233 e. The Morgan fingerprint density at radius 3 is 2.39 bits per heavy atom. The van der Waals surface area contributed by atoms with Gasteiger partial charge in [-0.2, -0.15) is 0 Å². The Bertz CT molecular complexity index is 967. The minimum atomic E-state index is 0.0800. The van der Waals surface area contributed by atoms with E-state index < -0.39 is 0 Å². The zero-order valence-electron chi connectivity index (χ0n) is 16.8. The van der Waals surface area contributed by atoms with Gasteiger partial charge in [0.2, 0.25) is 5.91 Å². The molecule has 0 spiro atoms. The van der Waals surface area contributed by atoms with Crippen LogP contribution in [-0.2, 0) is 17.9 Å². The van der Waals surface area contributed by atoms with Crippen molar-refractivity contribution in [1.29, 1.82) is 0 Å². The highest BCUT2D eigenvalue weighted by atomic mass is 32.2. The zero-order chi connectivity index (χ0) is 20.1. The van der Waals surface area contributed by atoms with Crippen molar-refractivity contribution in [3.63, 3.8) is 0 Å². The van der Waals surface area contributed by atoms with E-state index in [-0.39, 0.29) is 5.91 Å². The first kappa shape index (κ1) is 20.1. The molecule has 1 aromatic heterocycles. The molecule has 1 amide bonds. The van der Waals surface area contributed by atoms with E-state index in [0.717, 1.165) is 28.7 Å². The third-order valence-corrected chi connectivity index (χ3v) is 5.79. The summed E-state index contributed by atoms with van der Waals surface area (Å²) < 4.78 is 2.07. The Hall–Kier alpha value is -2.60. The maximum Gasteiger partial charge on any atom is 0.233 e. The minimum Gasteiger partial charge on any atom is -0.341 e. The van der Waals surface area contributed by atoms with E-state index in [4.69, 9.17) is 0 Å². The Balaban J connectivity index is 1.68. The summed E-state index contributed by atoms with van der Waals surface area (Å²) >= 11 is 1.44. The molecule has 1 heterocycles. The number of benzene rings is 2. The fourth-order valence-electron chi connectivity index (χ4n) is 3.07. The maximum atomic E-state index is 12.6. The molecule has 0 radical (unpaired) electrons. The largest absolute Gasteiger partial charge is 0.341 e. The van der Waals surface area contributed by atoms with Gasteiger partial charge >= 0.3 is 0 Å². The molecule has 0 atom stereocenters. The van der Waals surface area contributed by atoms with E-state index in [2.05, 4.69) is 59.8 Å². The lowest BCUT2D eigenvalue weighted by Gasteiger charge is -2.18. The summed E-state index contributed by atoms with van der Waals surface area (Å²) in [6.07, 6.45) is 0. The summed E-state index contributed by atoms with van der Waals surface area (Å²) in [5.41, 5.74) is 4.60. The number of hydrogen-bond donors (Lipinski definition) is 0. The van der Waals surface area contributed by atoms with Crippen molar-refractivity contribution in [2.24, 2.45) is 0 Å². The van der Waals surface area contributed by atoms with Crippen LogP contribution in [-0.4, -0.2) is 38.4 Å². The highest BCUT2D eigenvalue weighted by molar-refractivity contribution is 7.99. The van der Waals surface area contributed by atoms with Crippen molar-refractivity contribution < 1.29 is 4.79 Å². The zero-order valence-corrected chi connectivity index (χ0v) is 17.7. The number of rotatable bonds is 7.